The van der Waals surface area contributed by atoms with Gasteiger partial charge in [-0.25, -0.2) is 5.84 Å². The van der Waals surface area contributed by atoms with E-state index in [0.717, 1.165) is 6.42 Å². The van der Waals surface area contributed by atoms with Crippen LogP contribution in [-0.2, 0) is 4.79 Å². The molecule has 6 N–H and O–H groups in total. The van der Waals surface area contributed by atoms with Crippen LogP contribution in [0.3, 0.4) is 0 Å². The van der Waals surface area contributed by atoms with Crippen molar-refractivity contribution in [3.8, 4) is 6.01 Å². The summed E-state index contributed by atoms with van der Waals surface area (Å²) in [5.41, 5.74) is 6.94. The first-order valence-electron chi connectivity index (χ1n) is 6.28. The summed E-state index contributed by atoms with van der Waals surface area (Å²) < 4.78 is 5.34. The van der Waals surface area contributed by atoms with Crippen LogP contribution in [-0.4, -0.2) is 33.0 Å². The van der Waals surface area contributed by atoms with E-state index in [-0.39, 0.29) is 24.3 Å². The number of nitrogen functional groups attached to an aromatic ring is 1. The number of carbonyl (C=O) groups is 1. The van der Waals surface area contributed by atoms with Crippen molar-refractivity contribution in [2.45, 2.75) is 39.2 Å². The minimum absolute atomic E-state index is 0.134. The molecule has 0 aliphatic heterocycles. The number of amides is 1. The zero-order valence-electron chi connectivity index (χ0n) is 11.9. The Morgan fingerprint density at radius 2 is 1.95 bits per heavy atom. The third-order valence-corrected chi connectivity index (χ3v) is 2.25. The van der Waals surface area contributed by atoms with Crippen molar-refractivity contribution in [3.05, 3.63) is 0 Å². The van der Waals surface area contributed by atoms with E-state index in [2.05, 4.69) is 25.7 Å². The molecule has 0 fully saturated rings. The van der Waals surface area contributed by atoms with E-state index in [1.165, 1.54) is 0 Å². The number of nitrogens with two attached hydrogens (primary N) is 2. The molecule has 1 aromatic rings. The number of aromatic nitrogens is 3. The first-order valence-corrected chi connectivity index (χ1v) is 6.28. The maximum atomic E-state index is 11.0. The Bertz CT molecular complexity index is 464. The highest BCUT2D eigenvalue weighted by Gasteiger charge is 2.22. The monoisotopic (exact) mass is 283 g/mol. The molecule has 0 radical (unpaired) electrons. The lowest BCUT2D eigenvalue weighted by Crippen LogP contribution is -2.36. The first kappa shape index (κ1) is 15.9. The Labute approximate surface area is 117 Å². The predicted molar refractivity (Wildman–Crippen MR) is 74.9 cm³/mol. The van der Waals surface area contributed by atoms with Gasteiger partial charge in [-0.05, 0) is 20.3 Å². The van der Waals surface area contributed by atoms with Crippen molar-refractivity contribution in [1.29, 1.82) is 0 Å². The van der Waals surface area contributed by atoms with E-state index in [1.54, 1.807) is 0 Å². The lowest BCUT2D eigenvalue weighted by molar-refractivity contribution is -0.118. The summed E-state index contributed by atoms with van der Waals surface area (Å²) in [6.07, 6.45) is 0.961. The van der Waals surface area contributed by atoms with Crippen molar-refractivity contribution in [2.24, 2.45) is 11.6 Å². The number of hydrogen-bond donors (Lipinski definition) is 4. The van der Waals surface area contributed by atoms with Gasteiger partial charge in [0.15, 0.2) is 0 Å². The number of hydrazine groups is 1. The molecule has 1 rings (SSSR count). The Morgan fingerprint density at radius 1 is 1.30 bits per heavy atom. The fourth-order valence-electron chi connectivity index (χ4n) is 1.52. The molecule has 9 nitrogen and oxygen atoms in total. The maximum absolute atomic E-state index is 11.0. The van der Waals surface area contributed by atoms with Gasteiger partial charge in [0, 0.05) is 12.0 Å². The van der Waals surface area contributed by atoms with Crippen LogP contribution in [0, 0.1) is 0 Å². The number of nitrogens with one attached hydrogen (secondary N) is 2. The van der Waals surface area contributed by atoms with E-state index >= 15 is 0 Å². The second kappa shape index (κ2) is 6.85. The third kappa shape index (κ3) is 5.22. The van der Waals surface area contributed by atoms with Crippen LogP contribution in [0.25, 0.3) is 0 Å². The quantitative estimate of drug-likeness (QED) is 0.386. The van der Waals surface area contributed by atoms with E-state index in [1.807, 2.05) is 20.8 Å². The Morgan fingerprint density at radius 3 is 2.50 bits per heavy atom. The summed E-state index contributed by atoms with van der Waals surface area (Å²) >= 11 is 0. The standard InChI is InChI=1S/C11H21N7O2/c1-4-5-20-10-15-8(14-9(16-10)18-13)17-11(2,3)6-7(12)19/h4-6,13H2,1-3H3,(H2,12,19)(H2,14,15,16,17,18). The molecule has 1 heterocycles. The summed E-state index contributed by atoms with van der Waals surface area (Å²) in [5, 5.41) is 3.00. The highest BCUT2D eigenvalue weighted by Crippen LogP contribution is 2.17. The number of carbonyl (C=O) groups excluding carboxylic acids is 1. The summed E-state index contributed by atoms with van der Waals surface area (Å²) in [6.45, 7) is 6.07. The van der Waals surface area contributed by atoms with E-state index in [0.29, 0.717) is 6.61 Å². The number of primary amides is 1. The van der Waals surface area contributed by atoms with Crippen molar-refractivity contribution in [2.75, 3.05) is 17.3 Å². The molecule has 0 bridgehead atoms. The Hall–Kier alpha value is -2.16. The molecule has 112 valence electrons. The fraction of sp³-hybridized carbons (Fsp3) is 0.636. The van der Waals surface area contributed by atoms with E-state index in [9.17, 15) is 4.79 Å². The van der Waals surface area contributed by atoms with Gasteiger partial charge in [0.25, 0.3) is 0 Å². The molecule has 0 atom stereocenters. The zero-order chi connectivity index (χ0) is 15.2. The molecule has 0 saturated heterocycles. The minimum atomic E-state index is -0.596. The second-order valence-corrected chi connectivity index (χ2v) is 4.91. The highest BCUT2D eigenvalue weighted by molar-refractivity contribution is 5.75. The summed E-state index contributed by atoms with van der Waals surface area (Å²) in [4.78, 5) is 23.1. The van der Waals surface area contributed by atoms with Gasteiger partial charge in [0.2, 0.25) is 17.8 Å². The molecular weight excluding hydrogens is 262 g/mol. The molecule has 0 spiro atoms. The van der Waals surface area contributed by atoms with Crippen molar-refractivity contribution in [3.63, 3.8) is 0 Å². The Balaban J connectivity index is 2.90. The van der Waals surface area contributed by atoms with E-state index < -0.39 is 11.4 Å². The lowest BCUT2D eigenvalue weighted by atomic mass is 10.0. The van der Waals surface area contributed by atoms with Gasteiger partial charge in [-0.1, -0.05) is 6.92 Å². The number of anilines is 2. The molecule has 9 heteroatoms. The lowest BCUT2D eigenvalue weighted by Gasteiger charge is -2.24. The normalized spacial score (nSPS) is 11.0. The summed E-state index contributed by atoms with van der Waals surface area (Å²) in [7, 11) is 0. The van der Waals surface area contributed by atoms with Gasteiger partial charge in [-0.3, -0.25) is 10.2 Å². The predicted octanol–water partition coefficient (Wildman–Crippen LogP) is 0.0119. The number of rotatable bonds is 8. The molecule has 20 heavy (non-hydrogen) atoms. The van der Waals surface area contributed by atoms with Crippen LogP contribution >= 0.6 is 0 Å². The zero-order valence-corrected chi connectivity index (χ0v) is 11.9. The van der Waals surface area contributed by atoms with E-state index in [4.69, 9.17) is 16.3 Å². The molecular formula is C11H21N7O2. The SMILES string of the molecule is CCCOc1nc(NN)nc(NC(C)(C)CC(N)=O)n1. The van der Waals surface area contributed by atoms with Gasteiger partial charge >= 0.3 is 6.01 Å². The number of hydrogen-bond acceptors (Lipinski definition) is 8. The largest absolute Gasteiger partial charge is 0.463 e. The molecule has 0 saturated carbocycles. The van der Waals surface area contributed by atoms with Crippen LogP contribution in [0.2, 0.25) is 0 Å². The smallest absolute Gasteiger partial charge is 0.323 e. The number of ether oxygens (including phenoxy) is 1. The van der Waals surface area contributed by atoms with Gasteiger partial charge < -0.3 is 15.8 Å². The fourth-order valence-corrected chi connectivity index (χ4v) is 1.52. The van der Waals surface area contributed by atoms with Crippen molar-refractivity contribution in [1.82, 2.24) is 15.0 Å². The second-order valence-electron chi connectivity index (χ2n) is 4.91. The molecule has 0 aliphatic rings. The first-order chi connectivity index (χ1) is 9.36. The van der Waals surface area contributed by atoms with Gasteiger partial charge in [-0.15, -0.1) is 0 Å². The average molecular weight is 283 g/mol. The third-order valence-electron chi connectivity index (χ3n) is 2.25. The molecule has 1 aromatic heterocycles. The minimum Gasteiger partial charge on any atom is -0.463 e. The van der Waals surface area contributed by atoms with Gasteiger partial charge in [0.1, 0.15) is 0 Å². The number of nitrogens with zero attached hydrogens (tertiary/aromatic N) is 3. The van der Waals surface area contributed by atoms with Gasteiger partial charge in [-0.2, -0.15) is 15.0 Å². The van der Waals surface area contributed by atoms with Crippen molar-refractivity contribution < 1.29 is 9.53 Å². The van der Waals surface area contributed by atoms with Crippen LogP contribution in [0.15, 0.2) is 0 Å². The maximum Gasteiger partial charge on any atom is 0.323 e. The van der Waals surface area contributed by atoms with Gasteiger partial charge in [0.05, 0.1) is 6.61 Å². The Kier molecular flexibility index (Phi) is 5.44. The van der Waals surface area contributed by atoms with Crippen LogP contribution in [0.5, 0.6) is 6.01 Å². The average Bonchev–Trinajstić information content (AvgIpc) is 2.33. The van der Waals surface area contributed by atoms with Crippen molar-refractivity contribution >= 4 is 17.8 Å². The molecule has 0 aliphatic carbocycles. The topological polar surface area (TPSA) is 141 Å². The highest BCUT2D eigenvalue weighted by atomic mass is 16.5. The summed E-state index contributed by atoms with van der Waals surface area (Å²) in [5.74, 6) is 5.31. The van der Waals surface area contributed by atoms with Crippen LogP contribution in [0.4, 0.5) is 11.9 Å². The van der Waals surface area contributed by atoms with Crippen LogP contribution in [0.1, 0.15) is 33.6 Å². The molecule has 1 amide bonds. The molecule has 0 unspecified atom stereocenters. The molecule has 0 aromatic carbocycles. The summed E-state index contributed by atoms with van der Waals surface area (Å²) in [6, 6.07) is 0.159. The van der Waals surface area contributed by atoms with Crippen LogP contribution < -0.4 is 27.1 Å².